The summed E-state index contributed by atoms with van der Waals surface area (Å²) in [6.07, 6.45) is 10.7. The van der Waals surface area contributed by atoms with Gasteiger partial charge in [0.05, 0.1) is 11.5 Å². The fourth-order valence-corrected chi connectivity index (χ4v) is 2.74. The van der Waals surface area contributed by atoms with Crippen LogP contribution in [-0.2, 0) is 14.3 Å². The van der Waals surface area contributed by atoms with Crippen LogP contribution in [0.25, 0.3) is 0 Å². The zero-order valence-corrected chi connectivity index (χ0v) is 11.6. The molecule has 4 heteroatoms. The lowest BCUT2D eigenvalue weighted by molar-refractivity contribution is -0.145. The van der Waals surface area contributed by atoms with Crippen molar-refractivity contribution in [2.24, 2.45) is 5.92 Å². The molecule has 2 atom stereocenters. The molecule has 1 amide bonds. The van der Waals surface area contributed by atoms with Crippen molar-refractivity contribution >= 4 is 11.9 Å². The van der Waals surface area contributed by atoms with Gasteiger partial charge in [-0.3, -0.25) is 9.59 Å². The van der Waals surface area contributed by atoms with Gasteiger partial charge in [-0.25, -0.2) is 0 Å². The van der Waals surface area contributed by atoms with Crippen LogP contribution >= 0.6 is 0 Å². The Bertz CT molecular complexity index is 378. The number of amides is 1. The van der Waals surface area contributed by atoms with Crippen molar-refractivity contribution in [2.45, 2.75) is 57.4 Å². The number of esters is 1. The Morgan fingerprint density at radius 2 is 2.21 bits per heavy atom. The molecule has 106 valence electrons. The highest BCUT2D eigenvalue weighted by Gasteiger charge is 2.46. The lowest BCUT2D eigenvalue weighted by Crippen LogP contribution is -2.45. The van der Waals surface area contributed by atoms with Crippen molar-refractivity contribution in [3.63, 3.8) is 0 Å². The number of rotatable bonds is 8. The van der Waals surface area contributed by atoms with Gasteiger partial charge in [0.1, 0.15) is 6.61 Å². The molecule has 1 aliphatic carbocycles. The Hall–Kier alpha value is -1.32. The lowest BCUT2D eigenvalue weighted by atomic mass is 10.0. The number of fused-ring (bicyclic) bond motifs is 2. The van der Waals surface area contributed by atoms with E-state index >= 15 is 0 Å². The van der Waals surface area contributed by atoms with E-state index in [1.54, 1.807) is 0 Å². The van der Waals surface area contributed by atoms with Crippen molar-refractivity contribution in [3.8, 4) is 0 Å². The second-order valence-electron chi connectivity index (χ2n) is 5.64. The van der Waals surface area contributed by atoms with E-state index in [0.29, 0.717) is 6.42 Å². The highest BCUT2D eigenvalue weighted by atomic mass is 16.5. The largest absolute Gasteiger partial charge is 0.463 e. The zero-order valence-electron chi connectivity index (χ0n) is 11.6. The van der Waals surface area contributed by atoms with Crippen LogP contribution in [0.15, 0.2) is 12.2 Å². The second kappa shape index (κ2) is 6.22. The van der Waals surface area contributed by atoms with Gasteiger partial charge < -0.3 is 10.1 Å². The van der Waals surface area contributed by atoms with Gasteiger partial charge in [0.15, 0.2) is 0 Å². The lowest BCUT2D eigenvalue weighted by Gasteiger charge is -2.23. The minimum atomic E-state index is -0.417. The molecule has 19 heavy (non-hydrogen) atoms. The third kappa shape index (κ3) is 3.58. The number of unbranched alkanes of at least 4 members (excludes halogenated alkanes) is 4. The van der Waals surface area contributed by atoms with E-state index in [1.807, 2.05) is 12.2 Å². The van der Waals surface area contributed by atoms with Crippen LogP contribution in [0.2, 0.25) is 0 Å². The van der Waals surface area contributed by atoms with E-state index in [4.69, 9.17) is 4.74 Å². The molecule has 0 aromatic rings. The van der Waals surface area contributed by atoms with Gasteiger partial charge in [-0.1, -0.05) is 44.8 Å². The molecule has 0 radical (unpaired) electrons. The molecule has 0 aromatic heterocycles. The summed E-state index contributed by atoms with van der Waals surface area (Å²) < 4.78 is 5.30. The summed E-state index contributed by atoms with van der Waals surface area (Å²) in [6, 6.07) is 0. The molecule has 1 fully saturated rings. The average molecular weight is 265 g/mol. The number of hydrogen-bond donors (Lipinski definition) is 1. The van der Waals surface area contributed by atoms with Crippen LogP contribution in [0, 0.1) is 5.92 Å². The van der Waals surface area contributed by atoms with Crippen LogP contribution in [-0.4, -0.2) is 24.0 Å². The summed E-state index contributed by atoms with van der Waals surface area (Å²) in [5, 5.41) is 2.90. The maximum Gasteiger partial charge on any atom is 0.305 e. The Morgan fingerprint density at radius 1 is 1.42 bits per heavy atom. The average Bonchev–Trinajstić information content (AvgIpc) is 2.94. The van der Waals surface area contributed by atoms with E-state index in [9.17, 15) is 9.59 Å². The third-order valence-electron chi connectivity index (χ3n) is 3.92. The summed E-state index contributed by atoms with van der Waals surface area (Å²) in [5.74, 6) is -0.116. The first-order valence-electron chi connectivity index (χ1n) is 7.32. The van der Waals surface area contributed by atoms with E-state index in [0.717, 1.165) is 19.3 Å². The smallest absolute Gasteiger partial charge is 0.305 e. The van der Waals surface area contributed by atoms with Gasteiger partial charge in [-0.05, 0) is 12.8 Å². The highest BCUT2D eigenvalue weighted by Crippen LogP contribution is 2.34. The molecule has 0 spiro atoms. The minimum Gasteiger partial charge on any atom is -0.463 e. The van der Waals surface area contributed by atoms with Crippen LogP contribution in [0.1, 0.15) is 51.9 Å². The van der Waals surface area contributed by atoms with Gasteiger partial charge in [-0.15, -0.1) is 0 Å². The molecular weight excluding hydrogens is 242 g/mol. The van der Waals surface area contributed by atoms with E-state index < -0.39 is 5.54 Å². The number of carbonyl (C=O) groups excluding carboxylic acids is 2. The van der Waals surface area contributed by atoms with Crippen molar-refractivity contribution in [1.82, 2.24) is 5.32 Å². The Labute approximate surface area is 114 Å². The van der Waals surface area contributed by atoms with Crippen LogP contribution in [0.5, 0.6) is 0 Å². The highest BCUT2D eigenvalue weighted by molar-refractivity contribution is 5.86. The fourth-order valence-electron chi connectivity index (χ4n) is 2.74. The Morgan fingerprint density at radius 3 is 2.84 bits per heavy atom. The van der Waals surface area contributed by atoms with Crippen LogP contribution < -0.4 is 5.32 Å². The van der Waals surface area contributed by atoms with Gasteiger partial charge in [-0.2, -0.15) is 0 Å². The molecule has 0 aromatic carbocycles. The Balaban J connectivity index is 1.62. The molecule has 2 rings (SSSR count). The SMILES string of the molecule is CCCCCCCC(=O)OCC12C=CC(C1)C(=O)N2. The maximum absolute atomic E-state index is 11.6. The predicted octanol–water partition coefficient (Wildman–Crippen LogP) is 2.33. The molecule has 4 nitrogen and oxygen atoms in total. The summed E-state index contributed by atoms with van der Waals surface area (Å²) in [5.41, 5.74) is -0.417. The van der Waals surface area contributed by atoms with Gasteiger partial charge in [0, 0.05) is 6.42 Å². The first kappa shape index (κ1) is 14.1. The Kier molecular flexibility index (Phi) is 4.61. The quantitative estimate of drug-likeness (QED) is 0.416. The monoisotopic (exact) mass is 265 g/mol. The van der Waals surface area contributed by atoms with Crippen LogP contribution in [0.3, 0.4) is 0 Å². The first-order chi connectivity index (χ1) is 9.15. The third-order valence-corrected chi connectivity index (χ3v) is 3.92. The molecule has 2 unspecified atom stereocenters. The molecule has 1 heterocycles. The van der Waals surface area contributed by atoms with E-state index in [1.165, 1.54) is 19.3 Å². The van der Waals surface area contributed by atoms with E-state index in [2.05, 4.69) is 12.2 Å². The topological polar surface area (TPSA) is 55.4 Å². The second-order valence-corrected chi connectivity index (χ2v) is 5.64. The van der Waals surface area contributed by atoms with E-state index in [-0.39, 0.29) is 24.4 Å². The molecule has 0 saturated carbocycles. The van der Waals surface area contributed by atoms with Crippen molar-refractivity contribution in [1.29, 1.82) is 0 Å². The summed E-state index contributed by atoms with van der Waals surface area (Å²) in [7, 11) is 0. The molecule has 1 N–H and O–H groups in total. The number of hydrogen-bond acceptors (Lipinski definition) is 3. The standard InChI is InChI=1S/C15H23NO3/c1-2-3-4-5-6-7-13(17)19-11-15-9-8-12(10-15)14(18)16-15/h8-9,12H,2-7,10-11H2,1H3,(H,16,18). The molecular formula is C15H23NO3. The molecule has 2 bridgehead atoms. The van der Waals surface area contributed by atoms with Gasteiger partial charge in [0.25, 0.3) is 0 Å². The van der Waals surface area contributed by atoms with Crippen LogP contribution in [0.4, 0.5) is 0 Å². The van der Waals surface area contributed by atoms with Crippen molar-refractivity contribution in [3.05, 3.63) is 12.2 Å². The van der Waals surface area contributed by atoms with Crippen molar-refractivity contribution < 1.29 is 14.3 Å². The number of ether oxygens (including phenoxy) is 1. The number of nitrogens with one attached hydrogen (secondary N) is 1. The minimum absolute atomic E-state index is 0.0206. The molecule has 2 aliphatic rings. The predicted molar refractivity (Wildman–Crippen MR) is 72.5 cm³/mol. The normalized spacial score (nSPS) is 27.6. The summed E-state index contributed by atoms with van der Waals surface area (Å²) in [4.78, 5) is 23.1. The van der Waals surface area contributed by atoms with Gasteiger partial charge in [0.2, 0.25) is 5.91 Å². The summed E-state index contributed by atoms with van der Waals surface area (Å²) in [6.45, 7) is 2.45. The maximum atomic E-state index is 11.6. The fraction of sp³-hybridized carbons (Fsp3) is 0.733. The molecule has 1 saturated heterocycles. The summed E-state index contributed by atoms with van der Waals surface area (Å²) >= 11 is 0. The molecule has 1 aliphatic heterocycles. The zero-order chi connectivity index (χ0) is 13.7. The van der Waals surface area contributed by atoms with Gasteiger partial charge >= 0.3 is 5.97 Å². The number of carbonyl (C=O) groups is 2. The first-order valence-corrected chi connectivity index (χ1v) is 7.32. The van der Waals surface area contributed by atoms with Crippen molar-refractivity contribution in [2.75, 3.05) is 6.61 Å².